The molecule has 124 valence electrons. The summed E-state index contributed by atoms with van der Waals surface area (Å²) in [7, 11) is 0. The summed E-state index contributed by atoms with van der Waals surface area (Å²) in [5.41, 5.74) is -1.60. The molecule has 0 fully saturated rings. The van der Waals surface area contributed by atoms with E-state index in [1.165, 1.54) is 0 Å². The van der Waals surface area contributed by atoms with Crippen LogP contribution in [0.1, 0.15) is 64.2 Å². The molecule has 0 aliphatic heterocycles. The quantitative estimate of drug-likeness (QED) is 0.256. The fraction of sp³-hybridized carbons (Fsp3) is 0.929. The highest BCUT2D eigenvalue weighted by Crippen LogP contribution is 2.19. The van der Waals surface area contributed by atoms with Gasteiger partial charge >= 0.3 is 5.97 Å². The molecular formula is C14H27NO6. The molecule has 0 saturated carbocycles. The molecule has 21 heavy (non-hydrogen) atoms. The van der Waals surface area contributed by atoms with Crippen molar-refractivity contribution >= 4 is 5.97 Å². The lowest BCUT2D eigenvalue weighted by Crippen LogP contribution is -2.45. The van der Waals surface area contributed by atoms with Crippen molar-refractivity contribution in [3.05, 3.63) is 10.1 Å². The molecule has 0 aromatic heterocycles. The van der Waals surface area contributed by atoms with Gasteiger partial charge in [0.15, 0.2) is 0 Å². The minimum absolute atomic E-state index is 0.186. The molecule has 0 aromatic rings. The largest absolute Gasteiger partial charge is 0.481 e. The van der Waals surface area contributed by atoms with Crippen LogP contribution in [0.15, 0.2) is 0 Å². The number of unbranched alkanes of at least 4 members (excludes halogenated alkanes) is 7. The first kappa shape index (κ1) is 19.8. The summed E-state index contributed by atoms with van der Waals surface area (Å²) in [4.78, 5) is 20.6. The Hall–Kier alpha value is -1.21. The van der Waals surface area contributed by atoms with Crippen LogP contribution in [0.4, 0.5) is 0 Å². The summed E-state index contributed by atoms with van der Waals surface area (Å²) < 4.78 is 0. The number of carboxylic acids is 1. The Morgan fingerprint density at radius 1 is 0.905 bits per heavy atom. The second-order valence-corrected chi connectivity index (χ2v) is 5.52. The smallest absolute Gasteiger partial charge is 0.303 e. The Morgan fingerprint density at radius 2 is 1.33 bits per heavy atom. The molecule has 0 aromatic carbocycles. The number of aliphatic hydroxyl groups is 2. The predicted molar refractivity (Wildman–Crippen MR) is 77.7 cm³/mol. The maximum absolute atomic E-state index is 10.8. The molecule has 0 radical (unpaired) electrons. The zero-order valence-corrected chi connectivity index (χ0v) is 12.5. The van der Waals surface area contributed by atoms with Gasteiger partial charge in [0.1, 0.15) is 13.2 Å². The van der Waals surface area contributed by atoms with Gasteiger partial charge in [-0.05, 0) is 12.8 Å². The van der Waals surface area contributed by atoms with E-state index in [0.29, 0.717) is 12.8 Å². The molecule has 3 N–H and O–H groups in total. The number of aliphatic carboxylic acids is 1. The van der Waals surface area contributed by atoms with Crippen LogP contribution >= 0.6 is 0 Å². The first-order chi connectivity index (χ1) is 9.98. The third-order valence-electron chi connectivity index (χ3n) is 3.76. The topological polar surface area (TPSA) is 121 Å². The summed E-state index contributed by atoms with van der Waals surface area (Å²) in [6, 6.07) is 0. The molecule has 0 aliphatic carbocycles. The fourth-order valence-corrected chi connectivity index (χ4v) is 2.21. The monoisotopic (exact) mass is 305 g/mol. The normalized spacial score (nSPS) is 11.5. The van der Waals surface area contributed by atoms with Crippen LogP contribution in [0.3, 0.4) is 0 Å². The maximum Gasteiger partial charge on any atom is 0.303 e. The van der Waals surface area contributed by atoms with Crippen molar-refractivity contribution in [2.24, 2.45) is 0 Å². The van der Waals surface area contributed by atoms with Crippen LogP contribution < -0.4 is 0 Å². The summed E-state index contributed by atoms with van der Waals surface area (Å²) in [6.45, 7) is -1.28. The standard InChI is InChI=1S/C14H27NO6/c16-11-14(12-17,15(20)21)10-8-6-4-2-1-3-5-7-9-13(18)19/h16-17H,1-12H2,(H,18,19). The third-order valence-corrected chi connectivity index (χ3v) is 3.76. The van der Waals surface area contributed by atoms with Crippen LogP contribution in [0, 0.1) is 10.1 Å². The van der Waals surface area contributed by atoms with E-state index < -0.39 is 29.6 Å². The van der Waals surface area contributed by atoms with E-state index in [2.05, 4.69) is 0 Å². The zero-order chi connectivity index (χ0) is 16.1. The Bertz CT molecular complexity index is 304. The summed E-state index contributed by atoms with van der Waals surface area (Å²) in [6.07, 6.45) is 7.54. The molecule has 0 aliphatic rings. The molecule has 7 heteroatoms. The molecular weight excluding hydrogens is 278 g/mol. The number of rotatable bonds is 14. The van der Waals surface area contributed by atoms with Crippen LogP contribution in [0.2, 0.25) is 0 Å². The van der Waals surface area contributed by atoms with Crippen molar-refractivity contribution in [2.75, 3.05) is 13.2 Å². The highest BCUT2D eigenvalue weighted by Gasteiger charge is 2.40. The van der Waals surface area contributed by atoms with Gasteiger partial charge in [0.05, 0.1) is 0 Å². The lowest BCUT2D eigenvalue weighted by Gasteiger charge is -2.20. The molecule has 0 saturated heterocycles. The van der Waals surface area contributed by atoms with Gasteiger partial charge < -0.3 is 15.3 Å². The van der Waals surface area contributed by atoms with Crippen molar-refractivity contribution in [2.45, 2.75) is 69.7 Å². The van der Waals surface area contributed by atoms with Gasteiger partial charge in [-0.1, -0.05) is 38.5 Å². The van der Waals surface area contributed by atoms with E-state index in [1.54, 1.807) is 0 Å². The Balaban J connectivity index is 3.55. The minimum Gasteiger partial charge on any atom is -0.481 e. The number of carboxylic acid groups (broad SMARTS) is 1. The number of nitrogens with zero attached hydrogens (tertiary/aromatic N) is 1. The first-order valence-electron chi connectivity index (χ1n) is 7.56. The van der Waals surface area contributed by atoms with Crippen LogP contribution in [0.25, 0.3) is 0 Å². The van der Waals surface area contributed by atoms with Gasteiger partial charge in [0, 0.05) is 17.8 Å². The van der Waals surface area contributed by atoms with E-state index in [-0.39, 0.29) is 12.8 Å². The summed E-state index contributed by atoms with van der Waals surface area (Å²) in [5.74, 6) is -0.753. The van der Waals surface area contributed by atoms with Gasteiger partial charge in [0.2, 0.25) is 0 Å². The number of carbonyl (C=O) groups is 1. The van der Waals surface area contributed by atoms with E-state index in [4.69, 9.17) is 15.3 Å². The SMILES string of the molecule is O=C(O)CCCCCCCCCCC(CO)(CO)[N+](=O)[O-]. The zero-order valence-electron chi connectivity index (χ0n) is 12.5. The van der Waals surface area contributed by atoms with Crippen LogP contribution in [0.5, 0.6) is 0 Å². The van der Waals surface area contributed by atoms with Crippen LogP contribution in [-0.2, 0) is 4.79 Å². The van der Waals surface area contributed by atoms with E-state index in [0.717, 1.165) is 38.5 Å². The van der Waals surface area contributed by atoms with Gasteiger partial charge in [-0.15, -0.1) is 0 Å². The van der Waals surface area contributed by atoms with Crippen molar-refractivity contribution in [3.63, 3.8) is 0 Å². The van der Waals surface area contributed by atoms with Crippen LogP contribution in [-0.4, -0.2) is 45.0 Å². The molecule has 0 spiro atoms. The summed E-state index contributed by atoms with van der Waals surface area (Å²) in [5, 5.41) is 37.4. The fourth-order valence-electron chi connectivity index (χ4n) is 2.21. The number of hydrogen-bond acceptors (Lipinski definition) is 5. The predicted octanol–water partition coefficient (Wildman–Crippen LogP) is 1.97. The van der Waals surface area contributed by atoms with E-state index in [1.807, 2.05) is 0 Å². The van der Waals surface area contributed by atoms with Crippen molar-refractivity contribution in [1.82, 2.24) is 0 Å². The molecule has 0 rings (SSSR count). The van der Waals surface area contributed by atoms with Gasteiger partial charge in [-0.3, -0.25) is 14.9 Å². The number of hydrogen-bond donors (Lipinski definition) is 3. The third kappa shape index (κ3) is 8.62. The Morgan fingerprint density at radius 3 is 1.71 bits per heavy atom. The van der Waals surface area contributed by atoms with Gasteiger partial charge in [0.25, 0.3) is 5.54 Å². The van der Waals surface area contributed by atoms with Crippen molar-refractivity contribution in [3.8, 4) is 0 Å². The Kier molecular flexibility index (Phi) is 10.8. The molecule has 0 bridgehead atoms. The maximum atomic E-state index is 10.8. The lowest BCUT2D eigenvalue weighted by atomic mass is 9.94. The average molecular weight is 305 g/mol. The Labute approximate surface area is 125 Å². The molecule has 0 amide bonds. The second-order valence-electron chi connectivity index (χ2n) is 5.52. The van der Waals surface area contributed by atoms with Gasteiger partial charge in [-0.2, -0.15) is 0 Å². The number of nitro groups is 1. The molecule has 0 unspecified atom stereocenters. The van der Waals surface area contributed by atoms with Gasteiger partial charge in [-0.25, -0.2) is 0 Å². The molecule has 7 nitrogen and oxygen atoms in total. The van der Waals surface area contributed by atoms with E-state index >= 15 is 0 Å². The highest BCUT2D eigenvalue weighted by atomic mass is 16.6. The lowest BCUT2D eigenvalue weighted by molar-refractivity contribution is -0.578. The number of aliphatic hydroxyl groups excluding tert-OH is 2. The minimum atomic E-state index is -1.60. The van der Waals surface area contributed by atoms with Crippen molar-refractivity contribution in [1.29, 1.82) is 0 Å². The molecule has 0 atom stereocenters. The molecule has 0 heterocycles. The summed E-state index contributed by atoms with van der Waals surface area (Å²) >= 11 is 0. The average Bonchev–Trinajstić information content (AvgIpc) is 2.44. The first-order valence-corrected chi connectivity index (χ1v) is 7.56. The highest BCUT2D eigenvalue weighted by molar-refractivity contribution is 5.66. The van der Waals surface area contributed by atoms with Crippen molar-refractivity contribution < 1.29 is 25.0 Å². The van der Waals surface area contributed by atoms with E-state index in [9.17, 15) is 14.9 Å². The second kappa shape index (κ2) is 11.4.